The number of amides is 1. The van der Waals surface area contributed by atoms with Crippen LogP contribution < -0.4 is 5.73 Å². The molecule has 0 spiro atoms. The van der Waals surface area contributed by atoms with Crippen molar-refractivity contribution in [3.05, 3.63) is 35.4 Å². The minimum absolute atomic E-state index is 0.112. The van der Waals surface area contributed by atoms with Gasteiger partial charge in [0.15, 0.2) is 9.84 Å². The highest BCUT2D eigenvalue weighted by molar-refractivity contribution is 7.91. The van der Waals surface area contributed by atoms with Crippen LogP contribution in [0.5, 0.6) is 0 Å². The van der Waals surface area contributed by atoms with Crippen LogP contribution >= 0.6 is 0 Å². The molecule has 1 fully saturated rings. The van der Waals surface area contributed by atoms with Crippen molar-refractivity contribution in [1.82, 2.24) is 4.90 Å². The molecule has 23 heavy (non-hydrogen) atoms. The van der Waals surface area contributed by atoms with Crippen molar-refractivity contribution in [3.63, 3.8) is 0 Å². The number of hydrogen-bond donors (Lipinski definition) is 1. The van der Waals surface area contributed by atoms with Crippen LogP contribution in [0.1, 0.15) is 24.8 Å². The van der Waals surface area contributed by atoms with Crippen molar-refractivity contribution in [3.8, 4) is 0 Å². The number of primary amides is 1. The zero-order chi connectivity index (χ0) is 17.0. The van der Waals surface area contributed by atoms with Gasteiger partial charge in [-0.05, 0) is 18.9 Å². The third kappa shape index (κ3) is 5.87. The van der Waals surface area contributed by atoms with Crippen molar-refractivity contribution >= 4 is 15.7 Å². The molecule has 0 atom stereocenters. The lowest BCUT2D eigenvalue weighted by Gasteiger charge is -2.22. The molecule has 1 amide bonds. The molecule has 1 aliphatic rings. The van der Waals surface area contributed by atoms with Crippen LogP contribution in [-0.2, 0) is 21.2 Å². The van der Waals surface area contributed by atoms with E-state index < -0.39 is 27.4 Å². The number of carbonyl (C=O) groups excluding carboxylic acids is 1. The summed E-state index contributed by atoms with van der Waals surface area (Å²) in [5, 5.41) is 0. The summed E-state index contributed by atoms with van der Waals surface area (Å²) in [5.74, 6) is -2.31. The number of rotatable bonds is 9. The van der Waals surface area contributed by atoms with Crippen molar-refractivity contribution in [2.24, 2.45) is 5.73 Å². The zero-order valence-electron chi connectivity index (χ0n) is 12.7. The molecule has 0 saturated heterocycles. The molecular weight excluding hydrogens is 326 g/mol. The summed E-state index contributed by atoms with van der Waals surface area (Å²) in [7, 11) is -3.38. The highest BCUT2D eigenvalue weighted by atomic mass is 32.2. The molecule has 1 aromatic rings. The zero-order valence-corrected chi connectivity index (χ0v) is 13.5. The van der Waals surface area contributed by atoms with Crippen LogP contribution in [-0.4, -0.2) is 43.3 Å². The monoisotopic (exact) mass is 346 g/mol. The number of hydrogen-bond acceptors (Lipinski definition) is 4. The van der Waals surface area contributed by atoms with E-state index in [0.29, 0.717) is 5.56 Å². The average molecular weight is 346 g/mol. The first-order valence-electron chi connectivity index (χ1n) is 7.43. The maximum Gasteiger partial charge on any atom is 0.218 e. The van der Waals surface area contributed by atoms with Crippen LogP contribution in [0.25, 0.3) is 0 Å². The minimum Gasteiger partial charge on any atom is -0.370 e. The van der Waals surface area contributed by atoms with Gasteiger partial charge in [-0.15, -0.1) is 0 Å². The first-order valence-corrected chi connectivity index (χ1v) is 9.26. The van der Waals surface area contributed by atoms with Crippen molar-refractivity contribution < 1.29 is 22.0 Å². The van der Waals surface area contributed by atoms with Crippen molar-refractivity contribution in [2.75, 3.05) is 18.1 Å². The molecule has 2 rings (SSSR count). The van der Waals surface area contributed by atoms with Gasteiger partial charge in [-0.25, -0.2) is 17.2 Å². The maximum absolute atomic E-state index is 13.7. The Morgan fingerprint density at radius 2 is 1.96 bits per heavy atom. The molecule has 0 unspecified atom stereocenters. The molecule has 1 aromatic carbocycles. The van der Waals surface area contributed by atoms with Gasteiger partial charge in [0.1, 0.15) is 11.6 Å². The third-order valence-electron chi connectivity index (χ3n) is 3.80. The predicted molar refractivity (Wildman–Crippen MR) is 82.3 cm³/mol. The summed E-state index contributed by atoms with van der Waals surface area (Å²) < 4.78 is 50.5. The van der Waals surface area contributed by atoms with E-state index >= 15 is 0 Å². The number of benzene rings is 1. The lowest BCUT2D eigenvalue weighted by Crippen LogP contribution is -2.32. The summed E-state index contributed by atoms with van der Waals surface area (Å²) in [4.78, 5) is 12.6. The molecule has 0 bridgehead atoms. The Bertz CT molecular complexity index is 675. The van der Waals surface area contributed by atoms with Gasteiger partial charge in [-0.2, -0.15) is 0 Å². The Hall–Kier alpha value is -1.54. The van der Waals surface area contributed by atoms with E-state index in [1.807, 2.05) is 4.90 Å². The van der Waals surface area contributed by atoms with Gasteiger partial charge in [0.25, 0.3) is 0 Å². The smallest absolute Gasteiger partial charge is 0.218 e. The standard InChI is InChI=1S/C15H20F2N2O3S/c16-12-2-1-11(14(17)9-12)10-19(13-3-4-13)6-8-23(21,22)7-5-15(18)20/h1-2,9,13H,3-8,10H2,(H2,18,20). The molecule has 1 aliphatic carbocycles. The molecule has 1 saturated carbocycles. The van der Waals surface area contributed by atoms with Crippen LogP contribution in [0, 0.1) is 11.6 Å². The minimum atomic E-state index is -3.38. The van der Waals surface area contributed by atoms with E-state index in [2.05, 4.69) is 0 Å². The first-order chi connectivity index (χ1) is 10.8. The summed E-state index contributed by atoms with van der Waals surface area (Å²) in [6.45, 7) is 0.491. The highest BCUT2D eigenvalue weighted by Gasteiger charge is 2.30. The molecule has 128 valence electrons. The number of nitrogens with two attached hydrogens (primary N) is 1. The third-order valence-corrected chi connectivity index (χ3v) is 5.43. The summed E-state index contributed by atoms with van der Waals surface area (Å²) in [6.07, 6.45) is 1.67. The van der Waals surface area contributed by atoms with Crippen LogP contribution in [0.2, 0.25) is 0 Å². The Labute approximate surface area is 134 Å². The van der Waals surface area contributed by atoms with Gasteiger partial charge in [0.2, 0.25) is 5.91 Å². The number of halogens is 2. The maximum atomic E-state index is 13.7. The summed E-state index contributed by atoms with van der Waals surface area (Å²) in [5.41, 5.74) is 5.30. The average Bonchev–Trinajstić information content (AvgIpc) is 3.28. The molecule has 8 heteroatoms. The van der Waals surface area contributed by atoms with Crippen LogP contribution in [0.15, 0.2) is 18.2 Å². The molecule has 0 heterocycles. The van der Waals surface area contributed by atoms with Gasteiger partial charge in [0, 0.05) is 37.2 Å². The normalized spacial score (nSPS) is 15.1. The summed E-state index contributed by atoms with van der Waals surface area (Å²) >= 11 is 0. The van der Waals surface area contributed by atoms with Gasteiger partial charge in [0.05, 0.1) is 11.5 Å². The molecule has 0 radical (unpaired) electrons. The van der Waals surface area contributed by atoms with E-state index in [1.54, 1.807) is 0 Å². The van der Waals surface area contributed by atoms with E-state index in [1.165, 1.54) is 12.1 Å². The fourth-order valence-corrected chi connectivity index (χ4v) is 3.54. The second-order valence-corrected chi connectivity index (χ2v) is 8.11. The van der Waals surface area contributed by atoms with Gasteiger partial charge >= 0.3 is 0 Å². The Morgan fingerprint density at radius 1 is 1.26 bits per heavy atom. The molecule has 0 aromatic heterocycles. The fourth-order valence-electron chi connectivity index (χ4n) is 2.31. The van der Waals surface area contributed by atoms with Gasteiger partial charge < -0.3 is 5.73 Å². The molecular formula is C15H20F2N2O3S. The second-order valence-electron chi connectivity index (χ2n) is 5.81. The number of sulfone groups is 1. The van der Waals surface area contributed by atoms with E-state index in [4.69, 9.17) is 5.73 Å². The first kappa shape index (κ1) is 17.8. The lowest BCUT2D eigenvalue weighted by atomic mass is 10.2. The SMILES string of the molecule is NC(=O)CCS(=O)(=O)CCN(Cc1ccc(F)cc1F)C1CC1. The number of carbonyl (C=O) groups is 1. The van der Waals surface area contributed by atoms with E-state index in [-0.39, 0.29) is 37.1 Å². The largest absolute Gasteiger partial charge is 0.370 e. The predicted octanol–water partition coefficient (Wildman–Crippen LogP) is 1.22. The Balaban J connectivity index is 1.95. The van der Waals surface area contributed by atoms with Gasteiger partial charge in [-0.1, -0.05) is 6.07 Å². The Morgan fingerprint density at radius 3 is 2.52 bits per heavy atom. The van der Waals surface area contributed by atoms with Crippen LogP contribution in [0.4, 0.5) is 8.78 Å². The second kappa shape index (κ2) is 7.35. The van der Waals surface area contributed by atoms with E-state index in [0.717, 1.165) is 18.9 Å². The van der Waals surface area contributed by atoms with Crippen molar-refractivity contribution in [2.45, 2.75) is 31.8 Å². The summed E-state index contributed by atoms with van der Waals surface area (Å²) in [6, 6.07) is 3.62. The molecule has 5 nitrogen and oxygen atoms in total. The quantitative estimate of drug-likeness (QED) is 0.729. The molecule has 2 N–H and O–H groups in total. The van der Waals surface area contributed by atoms with Crippen molar-refractivity contribution in [1.29, 1.82) is 0 Å². The Kier molecular flexibility index (Phi) is 5.69. The fraction of sp³-hybridized carbons (Fsp3) is 0.533. The molecule has 0 aliphatic heterocycles. The highest BCUT2D eigenvalue weighted by Crippen LogP contribution is 2.28. The van der Waals surface area contributed by atoms with Crippen LogP contribution in [0.3, 0.4) is 0 Å². The number of nitrogens with zero attached hydrogens (tertiary/aromatic N) is 1. The lowest BCUT2D eigenvalue weighted by molar-refractivity contribution is -0.117. The van der Waals surface area contributed by atoms with Gasteiger partial charge in [-0.3, -0.25) is 9.69 Å². The van der Waals surface area contributed by atoms with E-state index in [9.17, 15) is 22.0 Å². The topological polar surface area (TPSA) is 80.5 Å².